The van der Waals surface area contributed by atoms with Crippen molar-refractivity contribution in [1.29, 1.82) is 0 Å². The highest BCUT2D eigenvalue weighted by molar-refractivity contribution is 7.22. The van der Waals surface area contributed by atoms with Crippen molar-refractivity contribution in [3.8, 4) is 0 Å². The third kappa shape index (κ3) is 4.45. The van der Waals surface area contributed by atoms with Crippen molar-refractivity contribution in [2.24, 2.45) is 0 Å². The third-order valence-corrected chi connectivity index (χ3v) is 4.72. The molecule has 1 aromatic heterocycles. The zero-order valence-corrected chi connectivity index (χ0v) is 15.2. The van der Waals surface area contributed by atoms with Crippen LogP contribution in [0.2, 0.25) is 0 Å². The number of fused-ring (bicyclic) bond motifs is 1. The largest absolute Gasteiger partial charge is 0.360 e. The number of anilines is 2. The topological polar surface area (TPSA) is 54.0 Å². The van der Waals surface area contributed by atoms with Gasteiger partial charge < -0.3 is 10.6 Å². The Morgan fingerprint density at radius 1 is 1.12 bits per heavy atom. The molecule has 25 heavy (non-hydrogen) atoms. The average molecular weight is 351 g/mol. The van der Waals surface area contributed by atoms with Gasteiger partial charge in [0.2, 0.25) is 5.91 Å². The maximum Gasteiger partial charge on any atom is 0.230 e. The van der Waals surface area contributed by atoms with E-state index in [9.17, 15) is 4.79 Å². The molecule has 3 aromatic rings. The lowest BCUT2D eigenvalue weighted by molar-refractivity contribution is -0.115. The highest BCUT2D eigenvalue weighted by Gasteiger charge is 2.09. The first kappa shape index (κ1) is 17.2. The number of aryl methyl sites for hydroxylation is 1. The normalized spacial score (nSPS) is 10.6. The van der Waals surface area contributed by atoms with Gasteiger partial charge in [0.15, 0.2) is 5.13 Å². The monoisotopic (exact) mass is 351 g/mol. The Balaban J connectivity index is 1.65. The van der Waals surface area contributed by atoms with Gasteiger partial charge in [0.25, 0.3) is 0 Å². The number of amides is 1. The maximum atomic E-state index is 12.3. The van der Waals surface area contributed by atoms with E-state index >= 15 is 0 Å². The van der Waals surface area contributed by atoms with Gasteiger partial charge in [-0.2, -0.15) is 0 Å². The lowest BCUT2D eigenvalue weighted by Crippen LogP contribution is -2.14. The van der Waals surface area contributed by atoms with Gasteiger partial charge in [-0.15, -0.1) is 0 Å². The minimum absolute atomic E-state index is 0.0598. The third-order valence-electron chi connectivity index (χ3n) is 3.78. The zero-order chi connectivity index (χ0) is 17.8. The molecule has 0 saturated carbocycles. The molecule has 0 saturated heterocycles. The summed E-state index contributed by atoms with van der Waals surface area (Å²) >= 11 is 1.51. The van der Waals surface area contributed by atoms with Crippen LogP contribution in [0.3, 0.4) is 0 Å². The van der Waals surface area contributed by atoms with Crippen LogP contribution in [0.15, 0.2) is 54.7 Å². The first-order valence-electron chi connectivity index (χ1n) is 8.24. The summed E-state index contributed by atoms with van der Waals surface area (Å²) in [6, 6.07) is 14.0. The Morgan fingerprint density at radius 2 is 1.84 bits per heavy atom. The summed E-state index contributed by atoms with van der Waals surface area (Å²) in [6.45, 7) is 7.85. The highest BCUT2D eigenvalue weighted by atomic mass is 32.1. The molecule has 0 spiro atoms. The molecule has 0 aliphatic carbocycles. The maximum absolute atomic E-state index is 12.3. The number of thiazole rings is 1. The first-order chi connectivity index (χ1) is 12.0. The van der Waals surface area contributed by atoms with Gasteiger partial charge in [0.05, 0.1) is 16.6 Å². The van der Waals surface area contributed by atoms with E-state index < -0.39 is 0 Å². The molecule has 128 valence electrons. The quantitative estimate of drug-likeness (QED) is 0.658. The SMILES string of the molecule is C=C(C)Nc1ccc(CC(=O)Nc2nc3ccc(CC)cc3s2)cc1. The molecular weight excluding hydrogens is 330 g/mol. The molecule has 0 atom stereocenters. The number of carbonyl (C=O) groups excluding carboxylic acids is 1. The lowest BCUT2D eigenvalue weighted by Gasteiger charge is -2.06. The van der Waals surface area contributed by atoms with E-state index in [4.69, 9.17) is 0 Å². The number of benzene rings is 2. The fourth-order valence-electron chi connectivity index (χ4n) is 2.54. The molecule has 0 aliphatic rings. The molecular formula is C20H21N3OS. The van der Waals surface area contributed by atoms with Crippen LogP contribution in [-0.2, 0) is 17.6 Å². The average Bonchev–Trinajstić information content (AvgIpc) is 2.97. The molecule has 0 aliphatic heterocycles. The number of hydrogen-bond acceptors (Lipinski definition) is 4. The van der Waals surface area contributed by atoms with Gasteiger partial charge in [-0.3, -0.25) is 4.79 Å². The molecule has 0 bridgehead atoms. The van der Waals surface area contributed by atoms with Crippen molar-refractivity contribution >= 4 is 38.3 Å². The molecule has 0 unspecified atom stereocenters. The second kappa shape index (κ2) is 7.49. The number of aromatic nitrogens is 1. The molecule has 0 fully saturated rings. The van der Waals surface area contributed by atoms with Crippen molar-refractivity contribution in [2.45, 2.75) is 26.7 Å². The predicted molar refractivity (Wildman–Crippen MR) is 106 cm³/mol. The van der Waals surface area contributed by atoms with Crippen molar-refractivity contribution < 1.29 is 4.79 Å². The Hall–Kier alpha value is -2.66. The van der Waals surface area contributed by atoms with Crippen molar-refractivity contribution in [3.63, 3.8) is 0 Å². The van der Waals surface area contributed by atoms with E-state index in [-0.39, 0.29) is 5.91 Å². The summed E-state index contributed by atoms with van der Waals surface area (Å²) in [5.74, 6) is -0.0598. The van der Waals surface area contributed by atoms with Gasteiger partial charge in [0.1, 0.15) is 0 Å². The number of rotatable bonds is 6. The summed E-state index contributed by atoms with van der Waals surface area (Å²) in [4.78, 5) is 16.8. The van der Waals surface area contributed by atoms with E-state index in [1.807, 2.05) is 37.3 Å². The Kier molecular flexibility index (Phi) is 5.14. The second-order valence-electron chi connectivity index (χ2n) is 6.00. The van der Waals surface area contributed by atoms with Gasteiger partial charge in [-0.05, 0) is 48.7 Å². The van der Waals surface area contributed by atoms with Gasteiger partial charge >= 0.3 is 0 Å². The van der Waals surface area contributed by atoms with Crippen LogP contribution in [0.5, 0.6) is 0 Å². The summed E-state index contributed by atoms with van der Waals surface area (Å²) in [5.41, 5.74) is 5.01. The Labute approximate surface area is 151 Å². The fraction of sp³-hybridized carbons (Fsp3) is 0.200. The van der Waals surface area contributed by atoms with Crippen LogP contribution in [-0.4, -0.2) is 10.9 Å². The Morgan fingerprint density at radius 3 is 2.52 bits per heavy atom. The van der Waals surface area contributed by atoms with E-state index in [2.05, 4.69) is 41.3 Å². The summed E-state index contributed by atoms with van der Waals surface area (Å²) in [5, 5.41) is 6.70. The number of allylic oxidation sites excluding steroid dienone is 1. The van der Waals surface area contributed by atoms with Crippen LogP contribution in [0.4, 0.5) is 10.8 Å². The number of nitrogens with one attached hydrogen (secondary N) is 2. The number of nitrogens with zero attached hydrogens (tertiary/aromatic N) is 1. The summed E-state index contributed by atoms with van der Waals surface area (Å²) in [6.07, 6.45) is 1.31. The van der Waals surface area contributed by atoms with E-state index in [1.54, 1.807) is 0 Å². The smallest absolute Gasteiger partial charge is 0.230 e. The minimum Gasteiger partial charge on any atom is -0.360 e. The van der Waals surface area contributed by atoms with Crippen molar-refractivity contribution in [2.75, 3.05) is 10.6 Å². The molecule has 2 N–H and O–H groups in total. The minimum atomic E-state index is -0.0598. The van der Waals surface area contributed by atoms with Gasteiger partial charge in [-0.1, -0.05) is 43.0 Å². The van der Waals surface area contributed by atoms with E-state index in [0.29, 0.717) is 11.6 Å². The van der Waals surface area contributed by atoms with Crippen LogP contribution in [0.25, 0.3) is 10.2 Å². The Bertz CT molecular complexity index is 912. The lowest BCUT2D eigenvalue weighted by atomic mass is 10.1. The van der Waals surface area contributed by atoms with Gasteiger partial charge in [-0.25, -0.2) is 4.98 Å². The fourth-order valence-corrected chi connectivity index (χ4v) is 3.49. The molecule has 3 rings (SSSR count). The van der Waals surface area contributed by atoms with Crippen molar-refractivity contribution in [1.82, 2.24) is 4.98 Å². The molecule has 1 amide bonds. The van der Waals surface area contributed by atoms with Crippen LogP contribution in [0.1, 0.15) is 25.0 Å². The van der Waals surface area contributed by atoms with E-state index in [0.717, 1.165) is 33.6 Å². The molecule has 1 heterocycles. The molecule has 0 radical (unpaired) electrons. The molecule has 5 heteroatoms. The zero-order valence-electron chi connectivity index (χ0n) is 14.4. The van der Waals surface area contributed by atoms with Crippen molar-refractivity contribution in [3.05, 3.63) is 65.9 Å². The van der Waals surface area contributed by atoms with E-state index in [1.165, 1.54) is 16.9 Å². The second-order valence-corrected chi connectivity index (χ2v) is 7.03. The predicted octanol–water partition coefficient (Wildman–Crippen LogP) is 4.99. The van der Waals surface area contributed by atoms with Crippen LogP contribution in [0, 0.1) is 0 Å². The van der Waals surface area contributed by atoms with Crippen LogP contribution < -0.4 is 10.6 Å². The van der Waals surface area contributed by atoms with Gasteiger partial charge in [0, 0.05) is 11.4 Å². The molecule has 4 nitrogen and oxygen atoms in total. The van der Waals surface area contributed by atoms with Crippen LogP contribution >= 0.6 is 11.3 Å². The molecule has 2 aromatic carbocycles. The number of hydrogen-bond donors (Lipinski definition) is 2. The summed E-state index contributed by atoms with van der Waals surface area (Å²) < 4.78 is 1.10. The summed E-state index contributed by atoms with van der Waals surface area (Å²) in [7, 11) is 0. The standard InChI is InChI=1S/C20H21N3OS/c1-4-14-7-10-17-18(11-14)25-20(22-17)23-19(24)12-15-5-8-16(9-6-15)21-13(2)3/h5-11,21H,2,4,12H2,1,3H3,(H,22,23,24). The number of carbonyl (C=O) groups is 1. The first-order valence-corrected chi connectivity index (χ1v) is 9.06. The highest BCUT2D eigenvalue weighted by Crippen LogP contribution is 2.27.